The number of carbonyl (C=O) groups is 1. The Morgan fingerprint density at radius 3 is 2.45 bits per heavy atom. The average molecular weight is 451 g/mol. The molecule has 0 saturated carbocycles. The Morgan fingerprint density at radius 1 is 1.03 bits per heavy atom. The molecule has 0 atom stereocenters. The quantitative estimate of drug-likeness (QED) is 0.622. The van der Waals surface area contributed by atoms with E-state index in [9.17, 15) is 18.3 Å². The fraction of sp³-hybridized carbons (Fsp3) is 0.200. The number of hydrogen-bond donors (Lipinski definition) is 1. The van der Waals surface area contributed by atoms with Crippen molar-refractivity contribution in [2.75, 3.05) is 13.1 Å². The fourth-order valence-electron chi connectivity index (χ4n) is 3.66. The van der Waals surface area contributed by atoms with Gasteiger partial charge < -0.3 is 5.11 Å². The summed E-state index contributed by atoms with van der Waals surface area (Å²) in [4.78, 5) is 16.2. The Balaban J connectivity index is 2.12. The first kappa shape index (κ1) is 20.1. The van der Waals surface area contributed by atoms with E-state index in [2.05, 4.69) is 4.98 Å². The van der Waals surface area contributed by atoms with Crippen molar-refractivity contribution in [3.05, 3.63) is 58.2 Å². The lowest BCUT2D eigenvalue weighted by Gasteiger charge is -2.21. The van der Waals surface area contributed by atoms with Crippen LogP contribution in [0.2, 0.25) is 10.0 Å². The molecule has 1 aliphatic heterocycles. The van der Waals surface area contributed by atoms with E-state index >= 15 is 0 Å². The Bertz CT molecular complexity index is 1240. The molecular formula is C20H16Cl2N2O4S. The smallest absolute Gasteiger partial charge is 0.336 e. The third-order valence-electron chi connectivity index (χ3n) is 4.98. The normalized spacial score (nSPS) is 15.1. The number of halogens is 2. The second-order valence-electron chi connectivity index (χ2n) is 6.71. The van der Waals surface area contributed by atoms with Crippen LogP contribution in [-0.2, 0) is 10.0 Å². The van der Waals surface area contributed by atoms with Crippen LogP contribution < -0.4 is 0 Å². The summed E-state index contributed by atoms with van der Waals surface area (Å²) >= 11 is 12.8. The molecule has 1 saturated heterocycles. The fourth-order valence-corrected chi connectivity index (χ4v) is 6.01. The molecule has 0 spiro atoms. The number of aromatic carboxylic acids is 1. The molecule has 2 aromatic carbocycles. The van der Waals surface area contributed by atoms with Crippen LogP contribution in [0.3, 0.4) is 0 Å². The standard InChI is InChI=1S/C20H16Cl2N2O4S/c21-14-11-15(22)18(19-12(14)6-4-8-23-19)17-13(20(25)26)5-3-7-16(17)29(27,28)24-9-1-2-10-24/h3-8,11H,1-2,9-10H2,(H,25,26). The van der Waals surface area contributed by atoms with Crippen molar-refractivity contribution in [3.8, 4) is 11.1 Å². The SMILES string of the molecule is O=C(O)c1cccc(S(=O)(=O)N2CCCC2)c1-c1c(Cl)cc(Cl)c2cccnc12. The minimum Gasteiger partial charge on any atom is -0.478 e. The Kier molecular flexibility index (Phi) is 5.25. The molecule has 4 rings (SSSR count). The zero-order valence-electron chi connectivity index (χ0n) is 15.1. The summed E-state index contributed by atoms with van der Waals surface area (Å²) in [5.41, 5.74) is 0.442. The van der Waals surface area contributed by atoms with Crippen LogP contribution >= 0.6 is 23.2 Å². The van der Waals surface area contributed by atoms with Crippen LogP contribution in [0.25, 0.3) is 22.0 Å². The maximum Gasteiger partial charge on any atom is 0.336 e. The Labute approximate surface area is 177 Å². The van der Waals surface area contributed by atoms with Crippen molar-refractivity contribution < 1.29 is 18.3 Å². The van der Waals surface area contributed by atoms with Gasteiger partial charge in [0.25, 0.3) is 0 Å². The van der Waals surface area contributed by atoms with Gasteiger partial charge in [0.05, 0.1) is 26.0 Å². The maximum atomic E-state index is 13.4. The molecule has 0 unspecified atom stereocenters. The number of nitrogens with zero attached hydrogens (tertiary/aromatic N) is 2. The third-order valence-corrected chi connectivity index (χ3v) is 7.54. The molecule has 150 valence electrons. The summed E-state index contributed by atoms with van der Waals surface area (Å²) in [6, 6.07) is 9.09. The number of pyridine rings is 1. The molecule has 3 aromatic rings. The van der Waals surface area contributed by atoms with Crippen LogP contribution in [0.1, 0.15) is 23.2 Å². The molecule has 0 amide bonds. The van der Waals surface area contributed by atoms with Crippen molar-refractivity contribution in [1.82, 2.24) is 9.29 Å². The number of sulfonamides is 1. The lowest BCUT2D eigenvalue weighted by atomic mass is 9.97. The van der Waals surface area contributed by atoms with Gasteiger partial charge in [-0.1, -0.05) is 29.3 Å². The van der Waals surface area contributed by atoms with Crippen molar-refractivity contribution in [1.29, 1.82) is 0 Å². The van der Waals surface area contributed by atoms with Crippen LogP contribution in [0.5, 0.6) is 0 Å². The largest absolute Gasteiger partial charge is 0.478 e. The summed E-state index contributed by atoms with van der Waals surface area (Å²) in [5.74, 6) is -1.26. The van der Waals surface area contributed by atoms with Crippen molar-refractivity contribution in [2.24, 2.45) is 0 Å². The molecule has 1 N–H and O–H groups in total. The molecule has 2 heterocycles. The number of hydrogen-bond acceptors (Lipinski definition) is 4. The third kappa shape index (κ3) is 3.38. The predicted molar refractivity (Wildman–Crippen MR) is 112 cm³/mol. The number of fused-ring (bicyclic) bond motifs is 1. The molecule has 9 heteroatoms. The van der Waals surface area contributed by atoms with Crippen molar-refractivity contribution in [3.63, 3.8) is 0 Å². The summed E-state index contributed by atoms with van der Waals surface area (Å²) in [6.45, 7) is 0.791. The Morgan fingerprint density at radius 2 is 1.76 bits per heavy atom. The van der Waals surface area contributed by atoms with Crippen LogP contribution in [0.4, 0.5) is 0 Å². The summed E-state index contributed by atoms with van der Waals surface area (Å²) < 4.78 is 28.1. The minimum atomic E-state index is -3.92. The molecule has 29 heavy (non-hydrogen) atoms. The van der Waals surface area contributed by atoms with Gasteiger partial charge in [0.2, 0.25) is 10.0 Å². The highest BCUT2D eigenvalue weighted by Gasteiger charge is 2.33. The highest BCUT2D eigenvalue weighted by Crippen LogP contribution is 2.43. The molecule has 0 radical (unpaired) electrons. The average Bonchev–Trinajstić information content (AvgIpc) is 3.23. The van der Waals surface area contributed by atoms with Gasteiger partial charge in [-0.2, -0.15) is 4.31 Å². The number of aromatic nitrogens is 1. The first-order chi connectivity index (χ1) is 13.8. The summed E-state index contributed by atoms with van der Waals surface area (Å²) in [5, 5.41) is 10.8. The Hall–Kier alpha value is -2.19. The van der Waals surface area contributed by atoms with E-state index in [-0.39, 0.29) is 26.6 Å². The molecule has 6 nitrogen and oxygen atoms in total. The monoisotopic (exact) mass is 450 g/mol. The second kappa shape index (κ2) is 7.57. The second-order valence-corrected chi connectivity index (χ2v) is 9.43. The molecule has 0 bridgehead atoms. The van der Waals surface area contributed by atoms with Gasteiger partial charge in [0.1, 0.15) is 0 Å². The van der Waals surface area contributed by atoms with Gasteiger partial charge in [-0.25, -0.2) is 13.2 Å². The van der Waals surface area contributed by atoms with Crippen molar-refractivity contribution in [2.45, 2.75) is 17.7 Å². The lowest BCUT2D eigenvalue weighted by Crippen LogP contribution is -2.28. The van der Waals surface area contributed by atoms with Gasteiger partial charge in [0, 0.05) is 35.8 Å². The molecule has 1 fully saturated rings. The van der Waals surface area contributed by atoms with Gasteiger partial charge in [-0.05, 0) is 43.2 Å². The highest BCUT2D eigenvalue weighted by molar-refractivity contribution is 7.89. The van der Waals surface area contributed by atoms with Gasteiger partial charge in [-0.3, -0.25) is 4.98 Å². The lowest BCUT2D eigenvalue weighted by molar-refractivity contribution is 0.0697. The van der Waals surface area contributed by atoms with Crippen LogP contribution in [0, 0.1) is 0 Å². The topological polar surface area (TPSA) is 87.6 Å². The minimum absolute atomic E-state index is 0.0252. The van der Waals surface area contributed by atoms with E-state index in [1.54, 1.807) is 12.1 Å². The zero-order valence-corrected chi connectivity index (χ0v) is 17.4. The van der Waals surface area contributed by atoms with E-state index in [0.29, 0.717) is 29.0 Å². The first-order valence-electron chi connectivity index (χ1n) is 8.92. The van der Waals surface area contributed by atoms with E-state index in [0.717, 1.165) is 12.8 Å². The number of benzene rings is 2. The van der Waals surface area contributed by atoms with Crippen LogP contribution in [-0.4, -0.2) is 41.9 Å². The van der Waals surface area contributed by atoms with Crippen molar-refractivity contribution >= 4 is 50.1 Å². The summed E-state index contributed by atoms with van der Waals surface area (Å²) in [6.07, 6.45) is 3.05. The van der Waals surface area contributed by atoms with E-state index in [1.165, 1.54) is 34.8 Å². The van der Waals surface area contributed by atoms with E-state index in [1.807, 2.05) is 0 Å². The number of rotatable bonds is 4. The molecule has 0 aliphatic carbocycles. The first-order valence-corrected chi connectivity index (χ1v) is 11.1. The van der Waals surface area contributed by atoms with E-state index < -0.39 is 16.0 Å². The van der Waals surface area contributed by atoms with E-state index in [4.69, 9.17) is 23.2 Å². The molecule has 1 aliphatic rings. The molecular weight excluding hydrogens is 435 g/mol. The predicted octanol–water partition coefficient (Wildman–Crippen LogP) is 4.69. The van der Waals surface area contributed by atoms with Gasteiger partial charge >= 0.3 is 5.97 Å². The van der Waals surface area contributed by atoms with Crippen LogP contribution in [0.15, 0.2) is 47.5 Å². The number of carboxylic acid groups (broad SMARTS) is 1. The van der Waals surface area contributed by atoms with Gasteiger partial charge in [0.15, 0.2) is 0 Å². The zero-order chi connectivity index (χ0) is 20.8. The number of carboxylic acids is 1. The highest BCUT2D eigenvalue weighted by atomic mass is 35.5. The maximum absolute atomic E-state index is 13.4. The van der Waals surface area contributed by atoms with Gasteiger partial charge in [-0.15, -0.1) is 0 Å². The summed E-state index contributed by atoms with van der Waals surface area (Å²) in [7, 11) is -3.92. The molecule has 1 aromatic heterocycles.